The molecule has 0 unspecified atom stereocenters. The monoisotopic (exact) mass is 258 g/mol. The molecular weight excluding hydrogens is 236 g/mol. The van der Waals surface area contributed by atoms with Crippen LogP contribution < -0.4 is 0 Å². The van der Waals surface area contributed by atoms with Crippen molar-refractivity contribution in [3.05, 3.63) is 34.9 Å². The van der Waals surface area contributed by atoms with Gasteiger partial charge in [0.15, 0.2) is 0 Å². The molecule has 2 fully saturated rings. The molecule has 1 saturated carbocycles. The van der Waals surface area contributed by atoms with Crippen LogP contribution in [0, 0.1) is 13.8 Å². The standard InChI is InChI=1S/C16H22N2O/c1-12-3-4-14(11-13(12)2)16(19)18-9-7-17(8-10-18)15-5-6-15/h3-4,11,15H,5-10H2,1-2H3. The summed E-state index contributed by atoms with van der Waals surface area (Å²) in [7, 11) is 0. The van der Waals surface area contributed by atoms with Crippen molar-refractivity contribution < 1.29 is 4.79 Å². The number of carbonyl (C=O) groups is 1. The molecule has 0 spiro atoms. The highest BCUT2D eigenvalue weighted by molar-refractivity contribution is 5.94. The maximum absolute atomic E-state index is 12.5. The van der Waals surface area contributed by atoms with Gasteiger partial charge in [-0.05, 0) is 49.9 Å². The van der Waals surface area contributed by atoms with Crippen molar-refractivity contribution in [1.29, 1.82) is 0 Å². The SMILES string of the molecule is Cc1ccc(C(=O)N2CCN(C3CC3)CC2)cc1C. The molecule has 2 aliphatic rings. The number of benzene rings is 1. The van der Waals surface area contributed by atoms with E-state index < -0.39 is 0 Å². The van der Waals surface area contributed by atoms with Crippen LogP contribution in [0.3, 0.4) is 0 Å². The van der Waals surface area contributed by atoms with E-state index in [0.29, 0.717) is 0 Å². The lowest BCUT2D eigenvalue weighted by Crippen LogP contribution is -2.49. The average Bonchev–Trinajstić information content (AvgIpc) is 3.26. The zero-order valence-corrected chi connectivity index (χ0v) is 11.9. The summed E-state index contributed by atoms with van der Waals surface area (Å²) in [6.07, 6.45) is 2.70. The van der Waals surface area contributed by atoms with Crippen molar-refractivity contribution in [3.63, 3.8) is 0 Å². The van der Waals surface area contributed by atoms with E-state index in [1.807, 2.05) is 23.1 Å². The molecule has 0 radical (unpaired) electrons. The predicted molar refractivity (Wildman–Crippen MR) is 76.4 cm³/mol. The van der Waals surface area contributed by atoms with Gasteiger partial charge in [0, 0.05) is 37.8 Å². The highest BCUT2D eigenvalue weighted by Crippen LogP contribution is 2.27. The van der Waals surface area contributed by atoms with E-state index in [4.69, 9.17) is 0 Å². The molecule has 0 atom stereocenters. The summed E-state index contributed by atoms with van der Waals surface area (Å²) in [5.74, 6) is 0.193. The summed E-state index contributed by atoms with van der Waals surface area (Å²) in [4.78, 5) is 17.0. The van der Waals surface area contributed by atoms with E-state index in [-0.39, 0.29) is 5.91 Å². The molecule has 1 aliphatic carbocycles. The number of aryl methyl sites for hydroxylation is 2. The van der Waals surface area contributed by atoms with Crippen LogP contribution >= 0.6 is 0 Å². The van der Waals surface area contributed by atoms with Gasteiger partial charge in [-0.3, -0.25) is 9.69 Å². The number of carbonyl (C=O) groups excluding carboxylic acids is 1. The number of nitrogens with zero attached hydrogens (tertiary/aromatic N) is 2. The first-order chi connectivity index (χ1) is 9.15. The first kappa shape index (κ1) is 12.7. The lowest BCUT2D eigenvalue weighted by Gasteiger charge is -2.35. The Kier molecular flexibility index (Phi) is 3.31. The van der Waals surface area contributed by atoms with Crippen LogP contribution in [-0.2, 0) is 0 Å². The van der Waals surface area contributed by atoms with Crippen LogP contribution in [0.25, 0.3) is 0 Å². The second kappa shape index (κ2) is 4.97. The van der Waals surface area contributed by atoms with Crippen molar-refractivity contribution >= 4 is 5.91 Å². The van der Waals surface area contributed by atoms with Gasteiger partial charge in [0.25, 0.3) is 5.91 Å². The van der Waals surface area contributed by atoms with Crippen LogP contribution in [0.4, 0.5) is 0 Å². The Morgan fingerprint density at radius 3 is 2.32 bits per heavy atom. The van der Waals surface area contributed by atoms with Crippen molar-refractivity contribution in [1.82, 2.24) is 9.80 Å². The van der Waals surface area contributed by atoms with E-state index in [1.165, 1.54) is 24.0 Å². The molecule has 102 valence electrons. The number of rotatable bonds is 2. The first-order valence-corrected chi connectivity index (χ1v) is 7.26. The highest BCUT2D eigenvalue weighted by Gasteiger charge is 2.32. The molecule has 1 aromatic carbocycles. The Labute approximate surface area is 115 Å². The molecule has 3 rings (SSSR count). The van der Waals surface area contributed by atoms with Gasteiger partial charge in [-0.15, -0.1) is 0 Å². The van der Waals surface area contributed by atoms with E-state index in [2.05, 4.69) is 18.7 Å². The van der Waals surface area contributed by atoms with Crippen molar-refractivity contribution in [2.24, 2.45) is 0 Å². The van der Waals surface area contributed by atoms with E-state index in [1.54, 1.807) is 0 Å². The Bertz CT molecular complexity index is 486. The summed E-state index contributed by atoms with van der Waals surface area (Å²) in [5, 5.41) is 0. The number of piperazine rings is 1. The van der Waals surface area contributed by atoms with E-state index in [9.17, 15) is 4.79 Å². The largest absolute Gasteiger partial charge is 0.336 e. The van der Waals surface area contributed by atoms with Crippen molar-refractivity contribution in [3.8, 4) is 0 Å². The van der Waals surface area contributed by atoms with Crippen molar-refractivity contribution in [2.75, 3.05) is 26.2 Å². The predicted octanol–water partition coefficient (Wildman–Crippen LogP) is 2.22. The third-order valence-corrected chi connectivity index (χ3v) is 4.42. The third kappa shape index (κ3) is 2.66. The Balaban J connectivity index is 1.65. The molecule has 0 N–H and O–H groups in total. The van der Waals surface area contributed by atoms with Gasteiger partial charge >= 0.3 is 0 Å². The molecule has 3 nitrogen and oxygen atoms in total. The number of hydrogen-bond acceptors (Lipinski definition) is 2. The lowest BCUT2D eigenvalue weighted by atomic mass is 10.1. The number of amides is 1. The smallest absolute Gasteiger partial charge is 0.253 e. The summed E-state index contributed by atoms with van der Waals surface area (Å²) in [6.45, 7) is 7.99. The maximum atomic E-state index is 12.5. The van der Waals surface area contributed by atoms with Crippen LogP contribution in [0.5, 0.6) is 0 Å². The summed E-state index contributed by atoms with van der Waals surface area (Å²) in [5.41, 5.74) is 3.28. The quantitative estimate of drug-likeness (QED) is 0.812. The zero-order chi connectivity index (χ0) is 13.4. The first-order valence-electron chi connectivity index (χ1n) is 7.26. The normalized spacial score (nSPS) is 20.6. The van der Waals surface area contributed by atoms with Gasteiger partial charge in [0.1, 0.15) is 0 Å². The topological polar surface area (TPSA) is 23.6 Å². The minimum Gasteiger partial charge on any atom is -0.336 e. The Morgan fingerprint density at radius 2 is 1.74 bits per heavy atom. The Hall–Kier alpha value is -1.35. The van der Waals surface area contributed by atoms with E-state index in [0.717, 1.165) is 37.8 Å². The highest BCUT2D eigenvalue weighted by atomic mass is 16.2. The van der Waals surface area contributed by atoms with Gasteiger partial charge in [0.05, 0.1) is 0 Å². The van der Waals surface area contributed by atoms with Gasteiger partial charge in [-0.2, -0.15) is 0 Å². The number of hydrogen-bond donors (Lipinski definition) is 0. The van der Waals surface area contributed by atoms with Crippen molar-refractivity contribution in [2.45, 2.75) is 32.7 Å². The van der Waals surface area contributed by atoms with Gasteiger partial charge in [-0.1, -0.05) is 6.07 Å². The molecule has 1 amide bonds. The molecule has 1 heterocycles. The molecule has 19 heavy (non-hydrogen) atoms. The third-order valence-electron chi connectivity index (χ3n) is 4.42. The summed E-state index contributed by atoms with van der Waals surface area (Å²) < 4.78 is 0. The molecule has 1 aromatic rings. The van der Waals surface area contributed by atoms with Crippen LogP contribution in [0.2, 0.25) is 0 Å². The zero-order valence-electron chi connectivity index (χ0n) is 11.9. The van der Waals surface area contributed by atoms with Gasteiger partial charge in [0.2, 0.25) is 0 Å². The molecular formula is C16H22N2O. The molecule has 0 aromatic heterocycles. The van der Waals surface area contributed by atoms with Gasteiger partial charge in [-0.25, -0.2) is 0 Å². The minimum absolute atomic E-state index is 0.193. The maximum Gasteiger partial charge on any atom is 0.253 e. The fourth-order valence-corrected chi connectivity index (χ4v) is 2.79. The minimum atomic E-state index is 0.193. The Morgan fingerprint density at radius 1 is 1.05 bits per heavy atom. The van der Waals surface area contributed by atoms with Crippen LogP contribution in [-0.4, -0.2) is 47.9 Å². The molecule has 3 heteroatoms. The fraction of sp³-hybridized carbons (Fsp3) is 0.562. The molecule has 1 saturated heterocycles. The summed E-state index contributed by atoms with van der Waals surface area (Å²) in [6, 6.07) is 6.84. The molecule has 1 aliphatic heterocycles. The second-order valence-corrected chi connectivity index (χ2v) is 5.86. The fourth-order valence-electron chi connectivity index (χ4n) is 2.79. The van der Waals surface area contributed by atoms with E-state index >= 15 is 0 Å². The average molecular weight is 258 g/mol. The lowest BCUT2D eigenvalue weighted by molar-refractivity contribution is 0.0627. The van der Waals surface area contributed by atoms with Crippen LogP contribution in [0.1, 0.15) is 34.3 Å². The second-order valence-electron chi connectivity index (χ2n) is 5.86. The van der Waals surface area contributed by atoms with Gasteiger partial charge < -0.3 is 4.90 Å². The molecule has 0 bridgehead atoms. The summed E-state index contributed by atoms with van der Waals surface area (Å²) >= 11 is 0. The van der Waals surface area contributed by atoms with Crippen LogP contribution in [0.15, 0.2) is 18.2 Å².